The Morgan fingerprint density at radius 3 is 2.95 bits per heavy atom. The van der Waals surface area contributed by atoms with Gasteiger partial charge in [-0.3, -0.25) is 4.79 Å². The van der Waals surface area contributed by atoms with Gasteiger partial charge in [-0.25, -0.2) is 0 Å². The minimum absolute atomic E-state index is 0.0230. The Kier molecular flexibility index (Phi) is 3.59. The number of nitrogens with one attached hydrogen (secondary N) is 2. The summed E-state index contributed by atoms with van der Waals surface area (Å²) in [6.45, 7) is 1.95. The van der Waals surface area contributed by atoms with Crippen LogP contribution in [0.4, 0.5) is 5.69 Å². The van der Waals surface area contributed by atoms with E-state index in [1.165, 1.54) is 0 Å². The Labute approximate surface area is 124 Å². The molecule has 5 heteroatoms. The van der Waals surface area contributed by atoms with Crippen molar-refractivity contribution in [3.8, 4) is 0 Å². The highest BCUT2D eigenvalue weighted by Gasteiger charge is 2.28. The number of aromatic amines is 1. The molecule has 0 fully saturated rings. The average Bonchev–Trinajstić information content (AvgIpc) is 2.90. The second kappa shape index (κ2) is 5.41. The average molecular weight is 287 g/mol. The molecular formula is C16H21N3O2. The highest BCUT2D eigenvalue weighted by molar-refractivity contribution is 5.98. The number of carbonyl (C=O) groups excluding carboxylic acids is 1. The van der Waals surface area contributed by atoms with Crippen LogP contribution in [0.5, 0.6) is 0 Å². The molecule has 0 radical (unpaired) electrons. The van der Waals surface area contributed by atoms with Crippen molar-refractivity contribution < 1.29 is 9.90 Å². The fourth-order valence-electron chi connectivity index (χ4n) is 3.22. The maximum Gasteiger partial charge on any atom is 0.242 e. The highest BCUT2D eigenvalue weighted by Crippen LogP contribution is 2.32. The zero-order valence-corrected chi connectivity index (χ0v) is 12.4. The number of likely N-dealkylation sites (N-methyl/N-ethyl adjacent to an activating group) is 1. The van der Waals surface area contributed by atoms with Crippen molar-refractivity contribution in [1.29, 1.82) is 0 Å². The fourth-order valence-corrected chi connectivity index (χ4v) is 3.22. The molecule has 2 heterocycles. The molecule has 21 heavy (non-hydrogen) atoms. The third-order valence-electron chi connectivity index (χ3n) is 4.34. The number of anilines is 1. The maximum atomic E-state index is 12.5. The summed E-state index contributed by atoms with van der Waals surface area (Å²) in [6, 6.07) is 5.61. The minimum Gasteiger partial charge on any atom is -0.394 e. The van der Waals surface area contributed by atoms with Crippen molar-refractivity contribution in [3.63, 3.8) is 0 Å². The maximum absolute atomic E-state index is 12.5. The Bertz CT molecular complexity index is 665. The Hall–Kier alpha value is -2.01. The normalized spacial score (nSPS) is 22.6. The van der Waals surface area contributed by atoms with Crippen molar-refractivity contribution >= 4 is 22.5 Å². The first kappa shape index (κ1) is 13.9. The van der Waals surface area contributed by atoms with Crippen LogP contribution in [0.1, 0.15) is 18.9 Å². The molecule has 2 atom stereocenters. The van der Waals surface area contributed by atoms with E-state index in [1.807, 2.05) is 37.2 Å². The quantitative estimate of drug-likeness (QED) is 0.782. The first-order valence-electron chi connectivity index (χ1n) is 7.38. The van der Waals surface area contributed by atoms with Crippen LogP contribution in [0, 0.1) is 0 Å². The number of carbonyl (C=O) groups is 1. The SMILES string of the molecule is CC[C@H]1C(=O)N[C@H](CO)Cc2c[nH]c3cccc(c23)N1C. The number of aromatic nitrogens is 1. The molecule has 112 valence electrons. The monoisotopic (exact) mass is 287 g/mol. The lowest BCUT2D eigenvalue weighted by Crippen LogP contribution is -2.49. The van der Waals surface area contributed by atoms with Gasteiger partial charge in [-0.05, 0) is 30.5 Å². The lowest BCUT2D eigenvalue weighted by atomic mass is 10.0. The number of aliphatic hydroxyl groups excluding tert-OH is 1. The van der Waals surface area contributed by atoms with E-state index in [2.05, 4.69) is 16.4 Å². The lowest BCUT2D eigenvalue weighted by molar-refractivity contribution is -0.123. The highest BCUT2D eigenvalue weighted by atomic mass is 16.3. The number of hydrogen-bond donors (Lipinski definition) is 3. The van der Waals surface area contributed by atoms with Crippen LogP contribution >= 0.6 is 0 Å². The second-order valence-electron chi connectivity index (χ2n) is 5.64. The summed E-state index contributed by atoms with van der Waals surface area (Å²) in [7, 11) is 1.96. The zero-order valence-electron chi connectivity index (χ0n) is 12.4. The minimum atomic E-state index is -0.245. The largest absolute Gasteiger partial charge is 0.394 e. The van der Waals surface area contributed by atoms with Crippen molar-refractivity contribution in [2.75, 3.05) is 18.6 Å². The van der Waals surface area contributed by atoms with Gasteiger partial charge in [-0.2, -0.15) is 0 Å². The first-order chi connectivity index (χ1) is 10.2. The van der Waals surface area contributed by atoms with Gasteiger partial charge in [-0.15, -0.1) is 0 Å². The van der Waals surface area contributed by atoms with Crippen LogP contribution in [0.25, 0.3) is 10.9 Å². The van der Waals surface area contributed by atoms with Gasteiger partial charge in [0.25, 0.3) is 0 Å². The van der Waals surface area contributed by atoms with Crippen molar-refractivity contribution in [1.82, 2.24) is 10.3 Å². The molecule has 0 saturated carbocycles. The van der Waals surface area contributed by atoms with E-state index >= 15 is 0 Å². The molecule has 1 aliphatic heterocycles. The molecular weight excluding hydrogens is 266 g/mol. The van der Waals surface area contributed by atoms with Crippen molar-refractivity contribution in [3.05, 3.63) is 30.0 Å². The van der Waals surface area contributed by atoms with Crippen LogP contribution in [0.3, 0.4) is 0 Å². The smallest absolute Gasteiger partial charge is 0.242 e. The van der Waals surface area contributed by atoms with E-state index in [1.54, 1.807) is 0 Å². The van der Waals surface area contributed by atoms with Crippen molar-refractivity contribution in [2.24, 2.45) is 0 Å². The van der Waals surface area contributed by atoms with Gasteiger partial charge < -0.3 is 20.3 Å². The van der Waals surface area contributed by atoms with Gasteiger partial charge in [0, 0.05) is 29.8 Å². The fraction of sp³-hybridized carbons (Fsp3) is 0.438. The third-order valence-corrected chi connectivity index (χ3v) is 4.34. The van der Waals surface area contributed by atoms with E-state index in [0.29, 0.717) is 6.42 Å². The summed E-state index contributed by atoms with van der Waals surface area (Å²) in [5, 5.41) is 13.7. The topological polar surface area (TPSA) is 68.4 Å². The molecule has 5 nitrogen and oxygen atoms in total. The summed E-state index contributed by atoms with van der Waals surface area (Å²) in [6.07, 6.45) is 3.32. The first-order valence-corrected chi connectivity index (χ1v) is 7.38. The van der Waals surface area contributed by atoms with E-state index in [0.717, 1.165) is 28.6 Å². The third kappa shape index (κ3) is 2.27. The summed E-state index contributed by atoms with van der Waals surface area (Å²) in [5.41, 5.74) is 3.25. The number of aliphatic hydroxyl groups is 1. The number of rotatable bonds is 2. The molecule has 1 aromatic carbocycles. The molecule has 0 spiro atoms. The molecule has 0 aliphatic carbocycles. The van der Waals surface area contributed by atoms with Gasteiger partial charge in [-0.1, -0.05) is 13.0 Å². The number of benzene rings is 1. The van der Waals surface area contributed by atoms with E-state index in [9.17, 15) is 9.90 Å². The van der Waals surface area contributed by atoms with Crippen LogP contribution in [0.15, 0.2) is 24.4 Å². The van der Waals surface area contributed by atoms with Gasteiger partial charge in [0.2, 0.25) is 5.91 Å². The summed E-state index contributed by atoms with van der Waals surface area (Å²) < 4.78 is 0. The molecule has 3 N–H and O–H groups in total. The molecule has 0 unspecified atom stereocenters. The Morgan fingerprint density at radius 2 is 2.24 bits per heavy atom. The predicted octanol–water partition coefficient (Wildman–Crippen LogP) is 1.42. The number of amides is 1. The van der Waals surface area contributed by atoms with Crippen LogP contribution in [-0.4, -0.2) is 41.7 Å². The van der Waals surface area contributed by atoms with Gasteiger partial charge in [0.1, 0.15) is 6.04 Å². The van der Waals surface area contributed by atoms with Crippen LogP contribution < -0.4 is 10.2 Å². The predicted molar refractivity (Wildman–Crippen MR) is 83.5 cm³/mol. The molecule has 0 saturated heterocycles. The molecule has 2 aromatic rings. The van der Waals surface area contributed by atoms with Gasteiger partial charge >= 0.3 is 0 Å². The zero-order chi connectivity index (χ0) is 15.0. The van der Waals surface area contributed by atoms with E-state index in [4.69, 9.17) is 0 Å². The second-order valence-corrected chi connectivity index (χ2v) is 5.64. The lowest BCUT2D eigenvalue weighted by Gasteiger charge is -2.29. The number of H-pyrrole nitrogens is 1. The molecule has 0 bridgehead atoms. The Balaban J connectivity index is 2.20. The molecule has 3 rings (SSSR count). The van der Waals surface area contributed by atoms with E-state index < -0.39 is 0 Å². The van der Waals surface area contributed by atoms with Gasteiger partial charge in [0.15, 0.2) is 0 Å². The summed E-state index contributed by atoms with van der Waals surface area (Å²) >= 11 is 0. The van der Waals surface area contributed by atoms with Crippen LogP contribution in [-0.2, 0) is 11.2 Å². The van der Waals surface area contributed by atoms with Crippen LogP contribution in [0.2, 0.25) is 0 Å². The standard InChI is InChI=1S/C16H21N3O2/c1-3-13-16(21)18-11(9-20)7-10-8-17-12-5-4-6-14(15(10)12)19(13)2/h4-6,8,11,13,17,20H,3,7,9H2,1-2H3,(H,18,21)/t11-,13-/m0/s1. The van der Waals surface area contributed by atoms with Crippen molar-refractivity contribution in [2.45, 2.75) is 31.8 Å². The Morgan fingerprint density at radius 1 is 1.43 bits per heavy atom. The van der Waals surface area contributed by atoms with Gasteiger partial charge in [0.05, 0.1) is 12.6 Å². The molecule has 1 aliphatic rings. The summed E-state index contributed by atoms with van der Waals surface area (Å²) in [5.74, 6) is -0.0230. The van der Waals surface area contributed by atoms with E-state index in [-0.39, 0.29) is 24.6 Å². The summed E-state index contributed by atoms with van der Waals surface area (Å²) in [4.78, 5) is 17.8. The molecule has 1 amide bonds. The number of hydrogen-bond acceptors (Lipinski definition) is 3. The molecule has 1 aromatic heterocycles. The number of nitrogens with zero attached hydrogens (tertiary/aromatic N) is 1.